The lowest BCUT2D eigenvalue weighted by molar-refractivity contribution is -0.276. The molecule has 0 radical (unpaired) electrons. The first-order valence-corrected chi connectivity index (χ1v) is 5.54. The fourth-order valence-corrected chi connectivity index (χ4v) is 1.46. The van der Waals surface area contributed by atoms with Crippen molar-refractivity contribution in [2.75, 3.05) is 7.11 Å². The Kier molecular flexibility index (Phi) is 4.92. The lowest BCUT2D eigenvalue weighted by Gasteiger charge is -2.18. The van der Waals surface area contributed by atoms with Crippen LogP contribution in [0.15, 0.2) is 6.07 Å². The highest BCUT2D eigenvalue weighted by atomic mass is 35.5. The van der Waals surface area contributed by atoms with Gasteiger partial charge in [-0.2, -0.15) is 13.2 Å². The van der Waals surface area contributed by atoms with Crippen molar-refractivity contribution in [3.63, 3.8) is 0 Å². The molecule has 1 rings (SSSR count). The molecule has 0 saturated carbocycles. The molecule has 21 heavy (non-hydrogen) atoms. The van der Waals surface area contributed by atoms with Crippen LogP contribution in [0.25, 0.3) is 0 Å². The number of ether oxygens (including phenoxy) is 2. The first-order valence-electron chi connectivity index (χ1n) is 5.00. The Hall–Kier alpha value is -1.71. The fourth-order valence-electron chi connectivity index (χ4n) is 1.32. The average molecular weight is 338 g/mol. The van der Waals surface area contributed by atoms with E-state index in [0.29, 0.717) is 0 Å². The quantitative estimate of drug-likeness (QED) is 0.481. The standard InChI is InChI=1S/C10H6ClF6NO3/c1-20-8(19)6-7(21-10(15,16)17)5(9(12,13)14)2-4(3-11)18-6/h2H,3H2,1H3. The van der Waals surface area contributed by atoms with Crippen LogP contribution in [0.5, 0.6) is 5.75 Å². The van der Waals surface area contributed by atoms with E-state index in [4.69, 9.17) is 11.6 Å². The van der Waals surface area contributed by atoms with Gasteiger partial charge in [0, 0.05) is 0 Å². The number of hydrogen-bond acceptors (Lipinski definition) is 4. The Morgan fingerprint density at radius 1 is 1.29 bits per heavy atom. The molecule has 1 heterocycles. The predicted octanol–water partition coefficient (Wildman–Crippen LogP) is 3.52. The summed E-state index contributed by atoms with van der Waals surface area (Å²) in [4.78, 5) is 14.6. The second kappa shape index (κ2) is 5.96. The number of alkyl halides is 7. The van der Waals surface area contributed by atoms with Crippen LogP contribution in [0.2, 0.25) is 0 Å². The SMILES string of the molecule is COC(=O)c1nc(CCl)cc(C(F)(F)F)c1OC(F)(F)F. The van der Waals surface area contributed by atoms with E-state index in [1.807, 2.05) is 0 Å². The zero-order valence-corrected chi connectivity index (χ0v) is 10.9. The summed E-state index contributed by atoms with van der Waals surface area (Å²) in [6, 6.07) is 0.264. The van der Waals surface area contributed by atoms with Gasteiger partial charge >= 0.3 is 18.5 Å². The van der Waals surface area contributed by atoms with E-state index in [0.717, 1.165) is 7.11 Å². The number of carbonyl (C=O) groups is 1. The van der Waals surface area contributed by atoms with Crippen LogP contribution in [0.1, 0.15) is 21.7 Å². The van der Waals surface area contributed by atoms with Gasteiger partial charge < -0.3 is 9.47 Å². The predicted molar refractivity (Wildman–Crippen MR) is 56.8 cm³/mol. The van der Waals surface area contributed by atoms with Crippen molar-refractivity contribution in [1.82, 2.24) is 4.98 Å². The largest absolute Gasteiger partial charge is 0.573 e. The van der Waals surface area contributed by atoms with Gasteiger partial charge in [-0.05, 0) is 6.07 Å². The van der Waals surface area contributed by atoms with Crippen LogP contribution >= 0.6 is 11.6 Å². The molecule has 0 bridgehead atoms. The Balaban J connectivity index is 3.63. The highest BCUT2D eigenvalue weighted by molar-refractivity contribution is 6.16. The molecule has 0 aliphatic heterocycles. The number of aromatic nitrogens is 1. The fraction of sp³-hybridized carbons (Fsp3) is 0.400. The first-order chi connectivity index (χ1) is 9.49. The lowest BCUT2D eigenvalue weighted by Crippen LogP contribution is -2.24. The van der Waals surface area contributed by atoms with Crippen molar-refractivity contribution in [3.05, 3.63) is 23.0 Å². The molecule has 1 aromatic heterocycles. The van der Waals surface area contributed by atoms with Crippen LogP contribution in [0, 0.1) is 0 Å². The van der Waals surface area contributed by atoms with Gasteiger partial charge in [-0.1, -0.05) is 0 Å². The summed E-state index contributed by atoms with van der Waals surface area (Å²) in [5.41, 5.74) is -3.55. The third-order valence-electron chi connectivity index (χ3n) is 2.06. The van der Waals surface area contributed by atoms with Crippen molar-refractivity contribution in [3.8, 4) is 5.75 Å². The topological polar surface area (TPSA) is 48.4 Å². The maximum Gasteiger partial charge on any atom is 0.573 e. The molecular formula is C10H6ClF6NO3. The number of carbonyl (C=O) groups excluding carboxylic acids is 1. The normalized spacial score (nSPS) is 12.2. The Labute approximate surface area is 118 Å². The van der Waals surface area contributed by atoms with E-state index < -0.39 is 47.1 Å². The van der Waals surface area contributed by atoms with E-state index in [1.54, 1.807) is 0 Å². The molecule has 0 fully saturated rings. The van der Waals surface area contributed by atoms with Crippen molar-refractivity contribution >= 4 is 17.6 Å². The monoisotopic (exact) mass is 337 g/mol. The van der Waals surface area contributed by atoms with Gasteiger partial charge in [0.1, 0.15) is 5.56 Å². The molecule has 0 aliphatic rings. The molecule has 0 unspecified atom stereocenters. The minimum atomic E-state index is -5.45. The molecule has 0 aliphatic carbocycles. The van der Waals surface area contributed by atoms with E-state index in [9.17, 15) is 31.1 Å². The minimum absolute atomic E-state index is 0.264. The van der Waals surface area contributed by atoms with Gasteiger partial charge in [-0.3, -0.25) is 0 Å². The second-order valence-corrected chi connectivity index (χ2v) is 3.78. The van der Waals surface area contributed by atoms with Crippen molar-refractivity contribution < 1.29 is 40.6 Å². The summed E-state index contributed by atoms with van der Waals surface area (Å²) >= 11 is 5.31. The third-order valence-corrected chi connectivity index (χ3v) is 2.34. The number of esters is 1. The van der Waals surface area contributed by atoms with Crippen LogP contribution in [-0.4, -0.2) is 24.4 Å². The van der Waals surface area contributed by atoms with E-state index in [1.165, 1.54) is 0 Å². The van der Waals surface area contributed by atoms with Gasteiger partial charge in [-0.15, -0.1) is 24.8 Å². The van der Waals surface area contributed by atoms with Crippen LogP contribution in [0.4, 0.5) is 26.3 Å². The Bertz CT molecular complexity index is 543. The summed E-state index contributed by atoms with van der Waals surface area (Å²) in [7, 11) is 0.766. The zero-order valence-electron chi connectivity index (χ0n) is 10.1. The second-order valence-electron chi connectivity index (χ2n) is 3.51. The summed E-state index contributed by atoms with van der Waals surface area (Å²) in [5, 5.41) is 0. The molecular weight excluding hydrogens is 332 g/mol. The molecule has 0 N–H and O–H groups in total. The number of halogens is 7. The van der Waals surface area contributed by atoms with Crippen LogP contribution < -0.4 is 4.74 Å². The van der Waals surface area contributed by atoms with Crippen molar-refractivity contribution in [2.45, 2.75) is 18.4 Å². The maximum absolute atomic E-state index is 12.8. The maximum atomic E-state index is 12.8. The first kappa shape index (κ1) is 17.3. The van der Waals surface area contributed by atoms with Gasteiger partial charge in [0.2, 0.25) is 0 Å². The molecule has 0 spiro atoms. The number of pyridine rings is 1. The highest BCUT2D eigenvalue weighted by Crippen LogP contribution is 2.40. The zero-order chi connectivity index (χ0) is 16.4. The lowest BCUT2D eigenvalue weighted by atomic mass is 10.1. The summed E-state index contributed by atoms with van der Waals surface area (Å²) in [6.07, 6.45) is -10.7. The molecule has 0 saturated heterocycles. The summed E-state index contributed by atoms with van der Waals surface area (Å²) in [6.45, 7) is 0. The van der Waals surface area contributed by atoms with Gasteiger partial charge in [0.15, 0.2) is 11.4 Å². The third kappa shape index (κ3) is 4.38. The molecule has 118 valence electrons. The number of rotatable bonds is 3. The average Bonchev–Trinajstić information content (AvgIpc) is 2.34. The van der Waals surface area contributed by atoms with E-state index in [2.05, 4.69) is 14.5 Å². The van der Waals surface area contributed by atoms with Crippen molar-refractivity contribution in [2.24, 2.45) is 0 Å². The molecule has 0 atom stereocenters. The van der Waals surface area contributed by atoms with Crippen LogP contribution in [-0.2, 0) is 16.8 Å². The molecule has 0 amide bonds. The molecule has 1 aromatic rings. The molecule has 11 heteroatoms. The summed E-state index contributed by atoms with van der Waals surface area (Å²) < 4.78 is 82.6. The van der Waals surface area contributed by atoms with Crippen molar-refractivity contribution in [1.29, 1.82) is 0 Å². The minimum Gasteiger partial charge on any atom is -0.464 e. The summed E-state index contributed by atoms with van der Waals surface area (Å²) in [5.74, 6) is -3.86. The van der Waals surface area contributed by atoms with E-state index >= 15 is 0 Å². The number of nitrogens with zero attached hydrogens (tertiary/aromatic N) is 1. The van der Waals surface area contributed by atoms with E-state index in [-0.39, 0.29) is 6.07 Å². The van der Waals surface area contributed by atoms with Gasteiger partial charge in [0.05, 0.1) is 18.7 Å². The van der Waals surface area contributed by atoms with Gasteiger partial charge in [0.25, 0.3) is 0 Å². The number of hydrogen-bond donors (Lipinski definition) is 0. The Morgan fingerprint density at radius 3 is 2.24 bits per heavy atom. The number of methoxy groups -OCH3 is 1. The smallest absolute Gasteiger partial charge is 0.464 e. The molecule has 4 nitrogen and oxygen atoms in total. The highest BCUT2D eigenvalue weighted by Gasteiger charge is 2.42. The Morgan fingerprint density at radius 2 is 1.86 bits per heavy atom. The van der Waals surface area contributed by atoms with Gasteiger partial charge in [-0.25, -0.2) is 9.78 Å². The van der Waals surface area contributed by atoms with Crippen LogP contribution in [0.3, 0.4) is 0 Å². The molecule has 0 aromatic carbocycles.